The number of likely N-dealkylation sites (N-methyl/N-ethyl adjacent to an activating group) is 1. The van der Waals surface area contributed by atoms with Crippen molar-refractivity contribution >= 4 is 5.97 Å². The van der Waals surface area contributed by atoms with Gasteiger partial charge in [0.25, 0.3) is 0 Å². The van der Waals surface area contributed by atoms with E-state index in [9.17, 15) is 9.90 Å². The summed E-state index contributed by atoms with van der Waals surface area (Å²) in [7, 11) is 2.12. The molecule has 4 nitrogen and oxygen atoms in total. The van der Waals surface area contributed by atoms with Crippen molar-refractivity contribution in [2.75, 3.05) is 26.7 Å². The molecule has 0 saturated heterocycles. The molecule has 0 spiro atoms. The maximum absolute atomic E-state index is 11.0. The van der Waals surface area contributed by atoms with Gasteiger partial charge in [-0.2, -0.15) is 0 Å². The van der Waals surface area contributed by atoms with Gasteiger partial charge in [-0.15, -0.1) is 0 Å². The lowest BCUT2D eigenvalue weighted by Gasteiger charge is -2.33. The van der Waals surface area contributed by atoms with E-state index in [0.29, 0.717) is 6.61 Å². The second-order valence-corrected chi connectivity index (χ2v) is 4.86. The van der Waals surface area contributed by atoms with Gasteiger partial charge in [-0.3, -0.25) is 0 Å². The summed E-state index contributed by atoms with van der Waals surface area (Å²) >= 11 is 0. The second-order valence-electron chi connectivity index (χ2n) is 4.86. The quantitative estimate of drug-likeness (QED) is 0.403. The number of carbonyl (C=O) groups excluding carboxylic acids is 1. The molecule has 0 aromatic heterocycles. The molecule has 1 aromatic rings. The molecule has 1 atom stereocenters. The van der Waals surface area contributed by atoms with Gasteiger partial charge < -0.3 is 26.7 Å². The number of ether oxygens (including phenoxy) is 1. The number of hydrogen-bond donors (Lipinski definition) is 1. The Morgan fingerprint density at radius 2 is 2.00 bits per heavy atom. The maximum atomic E-state index is 11.0. The Morgan fingerprint density at radius 1 is 1.40 bits per heavy atom. The zero-order chi connectivity index (χ0) is 14.3. The van der Waals surface area contributed by atoms with Crippen molar-refractivity contribution in [3.63, 3.8) is 0 Å². The topological polar surface area (TPSA) is 46.5 Å². The molecular weight excluding hydrogens is 278 g/mol. The van der Waals surface area contributed by atoms with Crippen molar-refractivity contribution in [3.8, 4) is 5.75 Å². The fourth-order valence-corrected chi connectivity index (χ4v) is 1.82. The molecule has 0 heterocycles. The summed E-state index contributed by atoms with van der Waals surface area (Å²) in [5.74, 6) is -0.110. The van der Waals surface area contributed by atoms with Gasteiger partial charge >= 0.3 is 5.97 Å². The Labute approximate surface area is 126 Å². The van der Waals surface area contributed by atoms with Gasteiger partial charge in [0.05, 0.1) is 13.6 Å². The first-order valence-corrected chi connectivity index (χ1v) is 6.40. The van der Waals surface area contributed by atoms with Crippen LogP contribution in [0.2, 0.25) is 0 Å². The number of carbonyl (C=O) groups is 1. The fraction of sp³-hybridized carbons (Fsp3) is 0.400. The van der Waals surface area contributed by atoms with Crippen LogP contribution in [0.15, 0.2) is 36.9 Å². The predicted molar refractivity (Wildman–Crippen MR) is 74.6 cm³/mol. The van der Waals surface area contributed by atoms with Gasteiger partial charge in [-0.25, -0.2) is 4.79 Å². The first kappa shape index (κ1) is 18.5. The van der Waals surface area contributed by atoms with Crippen LogP contribution in [0.1, 0.15) is 12.5 Å². The molecule has 0 saturated carbocycles. The molecule has 5 heteroatoms. The molecule has 0 aliphatic carbocycles. The van der Waals surface area contributed by atoms with Crippen LogP contribution in [-0.2, 0) is 16.1 Å². The maximum Gasteiger partial charge on any atom is 0.330 e. The highest BCUT2D eigenvalue weighted by Gasteiger charge is 2.20. The summed E-state index contributed by atoms with van der Waals surface area (Å²) in [5, 5.41) is 9.27. The molecule has 0 bridgehead atoms. The first-order chi connectivity index (χ1) is 8.99. The van der Waals surface area contributed by atoms with E-state index in [1.54, 1.807) is 12.1 Å². The van der Waals surface area contributed by atoms with Crippen LogP contribution in [0.5, 0.6) is 5.75 Å². The zero-order valence-electron chi connectivity index (χ0n) is 12.0. The van der Waals surface area contributed by atoms with E-state index in [2.05, 4.69) is 20.6 Å². The zero-order valence-corrected chi connectivity index (χ0v) is 12.8. The van der Waals surface area contributed by atoms with Crippen LogP contribution in [0.25, 0.3) is 0 Å². The molecule has 20 heavy (non-hydrogen) atoms. The summed E-state index contributed by atoms with van der Waals surface area (Å²) in [5.41, 5.74) is 1.15. The highest BCUT2D eigenvalue weighted by Crippen LogP contribution is 2.15. The standard InChI is InChI=1S/C15H21NO3.ClH/c1-4-15(18)19-11-10-16(3,5-2)12-13-6-8-14(17)9-7-13;/h4,6-9H,1,5,10-12H2,2-3H3;1H. The molecular formula is C15H22ClNO3. The summed E-state index contributed by atoms with van der Waals surface area (Å²) in [4.78, 5) is 11.0. The Bertz CT molecular complexity index is 433. The minimum atomic E-state index is -0.382. The third-order valence-corrected chi connectivity index (χ3v) is 3.31. The SMILES string of the molecule is C=CC(=O)OCC[N+](C)(CC)Cc1ccc(O)cc1.[Cl-]. The third kappa shape index (κ3) is 6.08. The third-order valence-electron chi connectivity index (χ3n) is 3.31. The van der Waals surface area contributed by atoms with Gasteiger partial charge in [0.2, 0.25) is 0 Å². The number of nitrogens with zero attached hydrogens (tertiary/aromatic N) is 1. The smallest absolute Gasteiger partial charge is 0.330 e. The number of halogens is 1. The average molecular weight is 300 g/mol. The van der Waals surface area contributed by atoms with Crippen molar-refractivity contribution < 1.29 is 31.5 Å². The minimum absolute atomic E-state index is 0. The van der Waals surface area contributed by atoms with Crippen molar-refractivity contribution in [2.24, 2.45) is 0 Å². The highest BCUT2D eigenvalue weighted by molar-refractivity contribution is 5.81. The van der Waals surface area contributed by atoms with Gasteiger partial charge in [0.15, 0.2) is 0 Å². The molecule has 1 N–H and O–H groups in total. The van der Waals surface area contributed by atoms with Gasteiger partial charge in [-0.1, -0.05) is 6.58 Å². The highest BCUT2D eigenvalue weighted by atomic mass is 35.5. The number of hydrogen-bond acceptors (Lipinski definition) is 3. The number of rotatable bonds is 7. The van der Waals surface area contributed by atoms with E-state index in [1.165, 1.54) is 6.08 Å². The van der Waals surface area contributed by atoms with Crippen LogP contribution >= 0.6 is 0 Å². The van der Waals surface area contributed by atoms with Crippen LogP contribution in [0.4, 0.5) is 0 Å². The molecule has 0 aliphatic rings. The van der Waals surface area contributed by atoms with E-state index in [0.717, 1.165) is 29.7 Å². The van der Waals surface area contributed by atoms with Crippen molar-refractivity contribution in [3.05, 3.63) is 42.5 Å². The molecule has 0 fully saturated rings. The van der Waals surface area contributed by atoms with Crippen LogP contribution in [-0.4, -0.2) is 42.3 Å². The normalized spacial score (nSPS) is 12.9. The lowest BCUT2D eigenvalue weighted by molar-refractivity contribution is -0.921. The monoisotopic (exact) mass is 299 g/mol. The Kier molecular flexibility index (Phi) is 7.96. The summed E-state index contributed by atoms with van der Waals surface area (Å²) in [6.45, 7) is 8.38. The van der Waals surface area contributed by atoms with Gasteiger partial charge in [0, 0.05) is 11.6 Å². The van der Waals surface area contributed by atoms with Crippen LogP contribution in [0.3, 0.4) is 0 Å². The number of aromatic hydroxyl groups is 1. The van der Waals surface area contributed by atoms with Gasteiger partial charge in [-0.05, 0) is 31.2 Å². The lowest BCUT2D eigenvalue weighted by atomic mass is 10.2. The first-order valence-electron chi connectivity index (χ1n) is 6.40. The Balaban J connectivity index is 0.00000361. The molecule has 0 amide bonds. The molecule has 0 aliphatic heterocycles. The largest absolute Gasteiger partial charge is 1.00 e. The second kappa shape index (κ2) is 8.61. The molecule has 0 radical (unpaired) electrons. The average Bonchev–Trinajstić information content (AvgIpc) is 2.41. The Hall–Kier alpha value is -1.52. The molecule has 1 unspecified atom stereocenters. The molecule has 1 rings (SSSR count). The summed E-state index contributed by atoms with van der Waals surface area (Å²) in [6.07, 6.45) is 1.18. The summed E-state index contributed by atoms with van der Waals surface area (Å²) in [6, 6.07) is 7.20. The number of esters is 1. The van der Waals surface area contributed by atoms with E-state index >= 15 is 0 Å². The van der Waals surface area contributed by atoms with E-state index < -0.39 is 0 Å². The van der Waals surface area contributed by atoms with Crippen LogP contribution in [0, 0.1) is 0 Å². The Morgan fingerprint density at radius 3 is 2.50 bits per heavy atom. The van der Waals surface area contributed by atoms with Crippen molar-refractivity contribution in [1.29, 1.82) is 0 Å². The lowest BCUT2D eigenvalue weighted by Crippen LogP contribution is -3.00. The van der Waals surface area contributed by atoms with Crippen molar-refractivity contribution in [1.82, 2.24) is 0 Å². The van der Waals surface area contributed by atoms with Crippen LogP contribution < -0.4 is 12.4 Å². The van der Waals surface area contributed by atoms with E-state index in [4.69, 9.17) is 4.74 Å². The fourth-order valence-electron chi connectivity index (χ4n) is 1.82. The number of quaternary nitrogens is 1. The number of phenols is 1. The number of benzene rings is 1. The number of phenolic OH excluding ortho intramolecular Hbond substituents is 1. The minimum Gasteiger partial charge on any atom is -1.00 e. The van der Waals surface area contributed by atoms with Crippen molar-refractivity contribution in [2.45, 2.75) is 13.5 Å². The van der Waals surface area contributed by atoms with E-state index in [-0.39, 0.29) is 24.1 Å². The predicted octanol–water partition coefficient (Wildman–Crippen LogP) is -0.908. The summed E-state index contributed by atoms with van der Waals surface area (Å²) < 4.78 is 5.81. The molecule has 112 valence electrons. The van der Waals surface area contributed by atoms with Gasteiger partial charge in [0.1, 0.15) is 25.4 Å². The molecule has 1 aromatic carbocycles. The van der Waals surface area contributed by atoms with E-state index in [1.807, 2.05) is 12.1 Å².